The van der Waals surface area contributed by atoms with Gasteiger partial charge in [-0.25, -0.2) is 0 Å². The first-order valence-electron chi connectivity index (χ1n) is 6.64. The van der Waals surface area contributed by atoms with Crippen LogP contribution in [0.2, 0.25) is 0 Å². The van der Waals surface area contributed by atoms with Crippen molar-refractivity contribution in [3.05, 3.63) is 0 Å². The monoisotopic (exact) mass is 259 g/mol. The number of alkyl halides is 1. The molecule has 2 fully saturated rings. The van der Waals surface area contributed by atoms with Crippen LogP contribution in [0.4, 0.5) is 0 Å². The van der Waals surface area contributed by atoms with E-state index < -0.39 is 0 Å². The molecule has 1 heterocycles. The summed E-state index contributed by atoms with van der Waals surface area (Å²) in [4.78, 5) is 11.9. The van der Waals surface area contributed by atoms with E-state index in [0.717, 1.165) is 25.7 Å². The van der Waals surface area contributed by atoms with Crippen LogP contribution in [0, 0.1) is 5.41 Å². The summed E-state index contributed by atoms with van der Waals surface area (Å²) in [6.07, 6.45) is 6.56. The number of carbonyl (C=O) groups is 1. The molecular weight excluding hydrogens is 238 g/mol. The summed E-state index contributed by atoms with van der Waals surface area (Å²) in [7, 11) is 0. The van der Waals surface area contributed by atoms with Crippen molar-refractivity contribution in [2.75, 3.05) is 12.4 Å². The Bertz CT molecular complexity index is 277. The summed E-state index contributed by atoms with van der Waals surface area (Å²) in [5.41, 5.74) is 0.140. The predicted octanol–water partition coefficient (Wildman–Crippen LogP) is 2.47. The average molecular weight is 260 g/mol. The molecule has 98 valence electrons. The maximum absolute atomic E-state index is 11.9. The molecule has 0 aromatic rings. The van der Waals surface area contributed by atoms with Crippen LogP contribution in [0.3, 0.4) is 0 Å². The third-order valence-corrected chi connectivity index (χ3v) is 4.68. The number of rotatable bonds is 4. The van der Waals surface area contributed by atoms with Gasteiger partial charge in [-0.15, -0.1) is 11.6 Å². The van der Waals surface area contributed by atoms with Crippen molar-refractivity contribution >= 4 is 17.5 Å². The van der Waals surface area contributed by atoms with Gasteiger partial charge in [0.05, 0.1) is 6.10 Å². The van der Waals surface area contributed by atoms with Crippen molar-refractivity contribution in [1.29, 1.82) is 0 Å². The van der Waals surface area contributed by atoms with E-state index in [9.17, 15) is 4.79 Å². The van der Waals surface area contributed by atoms with E-state index in [1.807, 2.05) is 6.92 Å². The number of ether oxygens (including phenoxy) is 1. The molecule has 17 heavy (non-hydrogen) atoms. The summed E-state index contributed by atoms with van der Waals surface area (Å²) >= 11 is 6.05. The maximum Gasteiger partial charge on any atom is 0.249 e. The molecule has 1 saturated carbocycles. The van der Waals surface area contributed by atoms with Gasteiger partial charge in [0.1, 0.15) is 6.10 Å². The first-order chi connectivity index (χ1) is 8.15. The molecule has 0 spiro atoms. The highest BCUT2D eigenvalue weighted by atomic mass is 35.5. The summed E-state index contributed by atoms with van der Waals surface area (Å²) in [6, 6.07) is 0. The molecule has 0 radical (unpaired) electrons. The van der Waals surface area contributed by atoms with Crippen molar-refractivity contribution in [3.8, 4) is 0 Å². The lowest BCUT2D eigenvalue weighted by Gasteiger charge is -2.27. The van der Waals surface area contributed by atoms with Crippen LogP contribution < -0.4 is 5.32 Å². The highest BCUT2D eigenvalue weighted by Crippen LogP contribution is 2.38. The van der Waals surface area contributed by atoms with Crippen molar-refractivity contribution in [2.24, 2.45) is 5.41 Å². The number of carbonyl (C=O) groups excluding carboxylic acids is 1. The zero-order valence-corrected chi connectivity index (χ0v) is 11.3. The Morgan fingerprint density at radius 1 is 1.41 bits per heavy atom. The zero-order valence-electron chi connectivity index (χ0n) is 10.5. The van der Waals surface area contributed by atoms with Gasteiger partial charge >= 0.3 is 0 Å². The van der Waals surface area contributed by atoms with E-state index in [4.69, 9.17) is 16.3 Å². The number of hydrogen-bond acceptors (Lipinski definition) is 2. The standard InChI is InChI=1S/C13H22ClNO2/c1-10-4-5-11(17-10)12(16)15-9-13(8-14)6-2-3-7-13/h10-11H,2-9H2,1H3,(H,15,16). The van der Waals surface area contributed by atoms with Crippen molar-refractivity contribution < 1.29 is 9.53 Å². The minimum absolute atomic E-state index is 0.0470. The Balaban J connectivity index is 1.79. The molecule has 1 aliphatic heterocycles. The summed E-state index contributed by atoms with van der Waals surface area (Å²) in [5, 5.41) is 3.03. The number of hydrogen-bond donors (Lipinski definition) is 1. The van der Waals surface area contributed by atoms with Gasteiger partial charge in [-0.3, -0.25) is 4.79 Å². The second-order valence-corrected chi connectivity index (χ2v) is 5.84. The third kappa shape index (κ3) is 3.14. The Hall–Kier alpha value is -0.280. The van der Waals surface area contributed by atoms with Crippen LogP contribution in [0.1, 0.15) is 45.4 Å². The minimum atomic E-state index is -0.237. The van der Waals surface area contributed by atoms with Crippen molar-refractivity contribution in [3.63, 3.8) is 0 Å². The number of amides is 1. The van der Waals surface area contributed by atoms with Crippen LogP contribution in [0.15, 0.2) is 0 Å². The van der Waals surface area contributed by atoms with E-state index in [-0.39, 0.29) is 23.5 Å². The molecule has 1 N–H and O–H groups in total. The molecule has 3 nitrogen and oxygen atoms in total. The first kappa shape index (κ1) is 13.2. The van der Waals surface area contributed by atoms with Crippen LogP contribution >= 0.6 is 11.6 Å². The number of halogens is 1. The van der Waals surface area contributed by atoms with Gasteiger partial charge in [0.25, 0.3) is 0 Å². The third-order valence-electron chi connectivity index (χ3n) is 4.11. The Kier molecular flexibility index (Phi) is 4.31. The molecule has 4 heteroatoms. The quantitative estimate of drug-likeness (QED) is 0.788. The van der Waals surface area contributed by atoms with Crippen molar-refractivity contribution in [2.45, 2.75) is 57.7 Å². The fraction of sp³-hybridized carbons (Fsp3) is 0.923. The molecule has 2 unspecified atom stereocenters. The SMILES string of the molecule is CC1CCC(C(=O)NCC2(CCl)CCCC2)O1. The summed E-state index contributed by atoms with van der Waals surface area (Å²) in [6.45, 7) is 2.73. The lowest BCUT2D eigenvalue weighted by atomic mass is 9.88. The molecule has 0 aromatic heterocycles. The van der Waals surface area contributed by atoms with E-state index in [2.05, 4.69) is 5.32 Å². The molecule has 1 amide bonds. The van der Waals surface area contributed by atoms with Gasteiger partial charge in [0.2, 0.25) is 5.91 Å². The normalized spacial score (nSPS) is 31.6. The lowest BCUT2D eigenvalue weighted by molar-refractivity contribution is -0.132. The molecule has 0 aromatic carbocycles. The van der Waals surface area contributed by atoms with Gasteiger partial charge in [-0.1, -0.05) is 12.8 Å². The van der Waals surface area contributed by atoms with E-state index in [1.54, 1.807) is 0 Å². The van der Waals surface area contributed by atoms with Crippen LogP contribution in [-0.4, -0.2) is 30.5 Å². The Morgan fingerprint density at radius 3 is 2.65 bits per heavy atom. The summed E-state index contributed by atoms with van der Waals surface area (Å²) < 4.78 is 5.56. The van der Waals surface area contributed by atoms with Gasteiger partial charge < -0.3 is 10.1 Å². The minimum Gasteiger partial charge on any atom is -0.365 e. The fourth-order valence-corrected chi connectivity index (χ4v) is 3.23. The zero-order chi connectivity index (χ0) is 12.3. The van der Waals surface area contributed by atoms with E-state index in [0.29, 0.717) is 12.4 Å². The molecule has 2 aliphatic rings. The smallest absolute Gasteiger partial charge is 0.249 e. The van der Waals surface area contributed by atoms with Crippen LogP contribution in [0.5, 0.6) is 0 Å². The lowest BCUT2D eigenvalue weighted by Crippen LogP contribution is -2.42. The van der Waals surface area contributed by atoms with Crippen LogP contribution in [0.25, 0.3) is 0 Å². The first-order valence-corrected chi connectivity index (χ1v) is 7.18. The Labute approximate surface area is 108 Å². The average Bonchev–Trinajstić information content (AvgIpc) is 2.95. The highest BCUT2D eigenvalue weighted by Gasteiger charge is 2.35. The fourth-order valence-electron chi connectivity index (χ4n) is 2.87. The number of nitrogens with one attached hydrogen (secondary N) is 1. The largest absolute Gasteiger partial charge is 0.365 e. The molecule has 1 saturated heterocycles. The van der Waals surface area contributed by atoms with E-state index >= 15 is 0 Å². The summed E-state index contributed by atoms with van der Waals surface area (Å²) in [5.74, 6) is 0.695. The van der Waals surface area contributed by atoms with Gasteiger partial charge in [-0.05, 0) is 32.6 Å². The van der Waals surface area contributed by atoms with E-state index in [1.165, 1.54) is 12.8 Å². The van der Waals surface area contributed by atoms with Gasteiger partial charge in [0.15, 0.2) is 0 Å². The second-order valence-electron chi connectivity index (χ2n) is 5.57. The Morgan fingerprint density at radius 2 is 2.12 bits per heavy atom. The molecule has 2 atom stereocenters. The van der Waals surface area contributed by atoms with Crippen molar-refractivity contribution in [1.82, 2.24) is 5.32 Å². The van der Waals surface area contributed by atoms with Gasteiger partial charge in [-0.2, -0.15) is 0 Å². The molecule has 2 rings (SSSR count). The maximum atomic E-state index is 11.9. The predicted molar refractivity (Wildman–Crippen MR) is 68.2 cm³/mol. The topological polar surface area (TPSA) is 38.3 Å². The van der Waals surface area contributed by atoms with Gasteiger partial charge in [0, 0.05) is 17.8 Å². The molecule has 1 aliphatic carbocycles. The highest BCUT2D eigenvalue weighted by molar-refractivity contribution is 6.18. The van der Waals surface area contributed by atoms with Crippen LogP contribution in [-0.2, 0) is 9.53 Å². The molecule has 0 bridgehead atoms. The molecular formula is C13H22ClNO2. The second kappa shape index (κ2) is 5.57.